The van der Waals surface area contributed by atoms with Gasteiger partial charge >= 0.3 is 0 Å². The highest BCUT2D eigenvalue weighted by Crippen LogP contribution is 2.19. The van der Waals surface area contributed by atoms with Crippen LogP contribution in [0.3, 0.4) is 0 Å². The van der Waals surface area contributed by atoms with Crippen LogP contribution in [0.5, 0.6) is 0 Å². The van der Waals surface area contributed by atoms with Crippen molar-refractivity contribution in [3.8, 4) is 0 Å². The van der Waals surface area contributed by atoms with E-state index in [1.807, 2.05) is 0 Å². The Bertz CT molecular complexity index is 542. The molecule has 0 aliphatic carbocycles. The lowest BCUT2D eigenvalue weighted by Gasteiger charge is -2.24. The Hall–Kier alpha value is -0.660. The number of ether oxygens (including phenoxy) is 1. The molecule has 0 aromatic heterocycles. The van der Waals surface area contributed by atoms with Gasteiger partial charge in [-0.3, -0.25) is 0 Å². The molecule has 1 aliphatic rings. The van der Waals surface area contributed by atoms with Crippen molar-refractivity contribution in [1.82, 2.24) is 10.0 Å². The molecule has 1 aromatic carbocycles. The van der Waals surface area contributed by atoms with E-state index in [0.717, 1.165) is 6.54 Å². The first-order valence-electron chi connectivity index (χ1n) is 6.06. The number of halogens is 1. The van der Waals surface area contributed by atoms with E-state index in [2.05, 4.69) is 10.0 Å². The van der Waals surface area contributed by atoms with Crippen LogP contribution >= 0.6 is 11.6 Å². The van der Waals surface area contributed by atoms with Gasteiger partial charge in [0.15, 0.2) is 0 Å². The van der Waals surface area contributed by atoms with Gasteiger partial charge in [0, 0.05) is 24.2 Å². The number of nitrogens with one attached hydrogen (secondary N) is 2. The molecule has 0 saturated carbocycles. The molecule has 0 amide bonds. The third-order valence-electron chi connectivity index (χ3n) is 2.94. The molecule has 1 aliphatic heterocycles. The summed E-state index contributed by atoms with van der Waals surface area (Å²) in [7, 11) is -3.51. The summed E-state index contributed by atoms with van der Waals surface area (Å²) in [6, 6.07) is 4.74. The zero-order chi connectivity index (χ0) is 13.9. The van der Waals surface area contributed by atoms with Gasteiger partial charge in [-0.15, -0.1) is 0 Å². The second-order valence-corrected chi connectivity index (χ2v) is 6.66. The Morgan fingerprint density at radius 2 is 2.32 bits per heavy atom. The van der Waals surface area contributed by atoms with Crippen LogP contribution in [0.15, 0.2) is 23.1 Å². The molecule has 2 rings (SSSR count). The van der Waals surface area contributed by atoms with Crippen LogP contribution in [0, 0.1) is 6.92 Å². The number of aryl methyl sites for hydroxylation is 1. The second-order valence-electron chi connectivity index (χ2n) is 4.49. The Kier molecular flexibility index (Phi) is 4.81. The minimum absolute atomic E-state index is 0.0103. The molecule has 5 nitrogen and oxygen atoms in total. The van der Waals surface area contributed by atoms with Crippen LogP contribution in [-0.2, 0) is 14.8 Å². The lowest BCUT2D eigenvalue weighted by Crippen LogP contribution is -2.48. The van der Waals surface area contributed by atoms with Gasteiger partial charge in [-0.05, 0) is 30.7 Å². The van der Waals surface area contributed by atoms with E-state index in [4.69, 9.17) is 16.3 Å². The predicted molar refractivity (Wildman–Crippen MR) is 74.0 cm³/mol. The van der Waals surface area contributed by atoms with Crippen molar-refractivity contribution >= 4 is 21.6 Å². The van der Waals surface area contributed by atoms with Crippen LogP contribution in [0.4, 0.5) is 0 Å². The van der Waals surface area contributed by atoms with Crippen molar-refractivity contribution in [1.29, 1.82) is 0 Å². The van der Waals surface area contributed by atoms with Crippen LogP contribution in [-0.4, -0.2) is 40.8 Å². The molecule has 1 fully saturated rings. The summed E-state index contributed by atoms with van der Waals surface area (Å²) in [5, 5.41) is 3.72. The summed E-state index contributed by atoms with van der Waals surface area (Å²) < 4.78 is 32.2. The summed E-state index contributed by atoms with van der Waals surface area (Å²) in [4.78, 5) is 0.258. The summed E-state index contributed by atoms with van der Waals surface area (Å²) in [6.07, 6.45) is 0. The normalized spacial score (nSPS) is 20.4. The second kappa shape index (κ2) is 6.19. The van der Waals surface area contributed by atoms with E-state index >= 15 is 0 Å². The van der Waals surface area contributed by atoms with E-state index in [1.54, 1.807) is 19.1 Å². The first-order chi connectivity index (χ1) is 8.99. The molecule has 1 atom stereocenters. The highest BCUT2D eigenvalue weighted by Gasteiger charge is 2.20. The molecular formula is C12H17ClN2O3S. The maximum absolute atomic E-state index is 12.2. The standard InChI is InChI=1S/C12H17ClN2O3S/c1-9-6-10(13)2-3-12(9)19(16,17)15-7-11-8-18-5-4-14-11/h2-3,6,11,14-15H,4-5,7-8H2,1H3. The molecule has 1 unspecified atom stereocenters. The molecular weight excluding hydrogens is 288 g/mol. The number of hydrogen-bond acceptors (Lipinski definition) is 4. The molecule has 7 heteroatoms. The Labute approximate surface area is 118 Å². The Morgan fingerprint density at radius 3 is 2.95 bits per heavy atom. The first-order valence-corrected chi connectivity index (χ1v) is 7.92. The van der Waals surface area contributed by atoms with E-state index in [1.165, 1.54) is 6.07 Å². The van der Waals surface area contributed by atoms with Crippen LogP contribution in [0.2, 0.25) is 5.02 Å². The van der Waals surface area contributed by atoms with Crippen molar-refractivity contribution in [2.75, 3.05) is 26.3 Å². The van der Waals surface area contributed by atoms with E-state index in [0.29, 0.717) is 30.3 Å². The summed E-state index contributed by atoms with van der Waals surface area (Å²) in [5.41, 5.74) is 0.632. The number of sulfonamides is 1. The molecule has 1 heterocycles. The van der Waals surface area contributed by atoms with E-state index in [-0.39, 0.29) is 10.9 Å². The largest absolute Gasteiger partial charge is 0.378 e. The fourth-order valence-corrected chi connectivity index (χ4v) is 3.49. The van der Waals surface area contributed by atoms with Crippen LogP contribution in [0.25, 0.3) is 0 Å². The molecule has 0 bridgehead atoms. The first kappa shape index (κ1) is 14.7. The fraction of sp³-hybridized carbons (Fsp3) is 0.500. The summed E-state index contributed by atoms with van der Waals surface area (Å²) >= 11 is 5.82. The third-order valence-corrected chi connectivity index (χ3v) is 4.76. The average Bonchev–Trinajstić information content (AvgIpc) is 2.37. The van der Waals surface area contributed by atoms with Crippen LogP contribution < -0.4 is 10.0 Å². The Balaban J connectivity index is 2.05. The molecule has 1 saturated heterocycles. The molecule has 1 aromatic rings. The van der Waals surface area contributed by atoms with Gasteiger partial charge in [-0.1, -0.05) is 11.6 Å². The van der Waals surface area contributed by atoms with E-state index in [9.17, 15) is 8.42 Å². The quantitative estimate of drug-likeness (QED) is 0.868. The molecule has 0 spiro atoms. The van der Waals surface area contributed by atoms with Gasteiger partial charge in [-0.25, -0.2) is 13.1 Å². The lowest BCUT2D eigenvalue weighted by atomic mass is 10.2. The van der Waals surface area contributed by atoms with Crippen molar-refractivity contribution in [3.05, 3.63) is 28.8 Å². The SMILES string of the molecule is Cc1cc(Cl)ccc1S(=O)(=O)NCC1COCCN1. The van der Waals surface area contributed by atoms with Crippen molar-refractivity contribution in [2.24, 2.45) is 0 Å². The summed E-state index contributed by atoms with van der Waals surface area (Å²) in [6.45, 7) is 3.96. The van der Waals surface area contributed by atoms with Crippen LogP contribution in [0.1, 0.15) is 5.56 Å². The third kappa shape index (κ3) is 3.90. The van der Waals surface area contributed by atoms with Gasteiger partial charge in [0.05, 0.1) is 18.1 Å². The van der Waals surface area contributed by atoms with Gasteiger partial charge in [0.2, 0.25) is 10.0 Å². The van der Waals surface area contributed by atoms with Gasteiger partial charge < -0.3 is 10.1 Å². The minimum atomic E-state index is -3.51. The van der Waals surface area contributed by atoms with Crippen molar-refractivity contribution in [2.45, 2.75) is 17.9 Å². The topological polar surface area (TPSA) is 67.4 Å². The van der Waals surface area contributed by atoms with Gasteiger partial charge in [0.25, 0.3) is 0 Å². The number of rotatable bonds is 4. The molecule has 2 N–H and O–H groups in total. The number of benzene rings is 1. The molecule has 0 radical (unpaired) electrons. The number of hydrogen-bond donors (Lipinski definition) is 2. The highest BCUT2D eigenvalue weighted by molar-refractivity contribution is 7.89. The Morgan fingerprint density at radius 1 is 1.53 bits per heavy atom. The van der Waals surface area contributed by atoms with Crippen molar-refractivity contribution in [3.63, 3.8) is 0 Å². The van der Waals surface area contributed by atoms with Crippen molar-refractivity contribution < 1.29 is 13.2 Å². The smallest absolute Gasteiger partial charge is 0.240 e. The monoisotopic (exact) mass is 304 g/mol. The lowest BCUT2D eigenvalue weighted by molar-refractivity contribution is 0.0784. The van der Waals surface area contributed by atoms with Gasteiger partial charge in [-0.2, -0.15) is 0 Å². The number of morpholine rings is 1. The minimum Gasteiger partial charge on any atom is -0.378 e. The van der Waals surface area contributed by atoms with E-state index < -0.39 is 10.0 Å². The van der Waals surface area contributed by atoms with Gasteiger partial charge in [0.1, 0.15) is 0 Å². The average molecular weight is 305 g/mol. The fourth-order valence-electron chi connectivity index (χ4n) is 1.95. The highest BCUT2D eigenvalue weighted by atomic mass is 35.5. The predicted octanol–water partition coefficient (Wildman–Crippen LogP) is 0.915. The molecule has 19 heavy (non-hydrogen) atoms. The molecule has 106 valence electrons. The maximum atomic E-state index is 12.2. The zero-order valence-electron chi connectivity index (χ0n) is 10.6. The summed E-state index contributed by atoms with van der Waals surface area (Å²) in [5.74, 6) is 0. The maximum Gasteiger partial charge on any atom is 0.240 e. The zero-order valence-corrected chi connectivity index (χ0v) is 12.2.